The van der Waals surface area contributed by atoms with Crippen molar-refractivity contribution in [3.63, 3.8) is 0 Å². The van der Waals surface area contributed by atoms with Crippen molar-refractivity contribution >= 4 is 136 Å². The Kier molecular flexibility index (Phi) is 34.3. The molecule has 545 valence electrons. The molecule has 7 nitrogen and oxygen atoms in total. The fraction of sp³-hybridized carbons (Fsp3) is 0.127. The van der Waals surface area contributed by atoms with Crippen molar-refractivity contribution in [2.45, 2.75) is 83.1 Å². The van der Waals surface area contributed by atoms with Crippen LogP contribution in [0.1, 0.15) is 83.1 Å². The Morgan fingerprint density at radius 3 is 1.27 bits per heavy atom. The SMILES string of the molecule is C1=CC2=CC=CC3=CC=NC(=C1)C23.CC.CC.CC.CC.CC.CC.[Y].[c-]1ccc2ccc3ccccc3c2n1.c1ccc2c(c1)ccc1cccnc12.c1ccc2c(c1)ccc1ncccc12.c1ccc2c(c1)cnc1ccccc12.c1ccc2cc3ncccc3cc2c1.c1ccc2nc3ccccc3cc2c1. The molecule has 1 unspecified atom stereocenters. The van der Waals surface area contributed by atoms with Crippen LogP contribution in [0.25, 0.3) is 130 Å². The van der Waals surface area contributed by atoms with E-state index in [4.69, 9.17) is 0 Å². The maximum atomic E-state index is 4.58. The van der Waals surface area contributed by atoms with Gasteiger partial charge >= 0.3 is 0 Å². The van der Waals surface area contributed by atoms with Gasteiger partial charge in [-0.2, -0.15) is 12.1 Å². The van der Waals surface area contributed by atoms with E-state index in [1.165, 1.54) is 103 Å². The minimum absolute atomic E-state index is 0. The molecule has 18 aromatic rings. The molecule has 0 amide bonds. The molecule has 0 fully saturated rings. The molecule has 21 rings (SSSR count). The van der Waals surface area contributed by atoms with Crippen LogP contribution >= 0.6 is 0 Å². The molecule has 0 saturated carbocycles. The number of para-hydroxylation sites is 3. The summed E-state index contributed by atoms with van der Waals surface area (Å²) in [5, 5.41) is 20.9. The molecule has 3 aliphatic rings. The average Bonchev–Trinajstić information content (AvgIpc) is 0.816. The number of allylic oxidation sites excluding steroid dienone is 8. The molecule has 1 aliphatic heterocycles. The summed E-state index contributed by atoms with van der Waals surface area (Å²) >= 11 is 0. The first-order valence-electron chi connectivity index (χ1n) is 38.4. The Morgan fingerprint density at radius 2 is 0.655 bits per heavy atom. The maximum Gasteiger partial charge on any atom is 0.0780 e. The number of hydrogen-bond acceptors (Lipinski definition) is 7. The number of hydrogen-bond donors (Lipinski definition) is 0. The number of rotatable bonds is 0. The van der Waals surface area contributed by atoms with Crippen molar-refractivity contribution in [2.24, 2.45) is 10.9 Å². The van der Waals surface area contributed by atoms with Gasteiger partial charge in [-0.1, -0.05) is 344 Å². The summed E-state index contributed by atoms with van der Waals surface area (Å²) in [5.41, 5.74) is 11.3. The van der Waals surface area contributed by atoms with Gasteiger partial charge < -0.3 is 4.98 Å². The van der Waals surface area contributed by atoms with Gasteiger partial charge in [-0.3, -0.25) is 24.9 Å². The van der Waals surface area contributed by atoms with Crippen LogP contribution in [0.3, 0.4) is 0 Å². The molecule has 0 bridgehead atoms. The number of nitrogens with zero attached hydrogens (tertiary/aromatic N) is 7. The molecule has 6 aromatic heterocycles. The predicted molar refractivity (Wildman–Crippen MR) is 477 cm³/mol. The summed E-state index contributed by atoms with van der Waals surface area (Å²) in [6.45, 7) is 24.0. The van der Waals surface area contributed by atoms with Crippen LogP contribution in [0.2, 0.25) is 0 Å². The maximum absolute atomic E-state index is 4.58. The average molecular weight is 1510 g/mol. The van der Waals surface area contributed by atoms with E-state index in [0.29, 0.717) is 5.92 Å². The Labute approximate surface area is 675 Å². The number of aliphatic imine (C=N–C) groups is 1. The van der Waals surface area contributed by atoms with Gasteiger partial charge in [0.25, 0.3) is 0 Å². The van der Waals surface area contributed by atoms with E-state index in [9.17, 15) is 0 Å². The molecule has 2 aliphatic carbocycles. The van der Waals surface area contributed by atoms with Crippen LogP contribution in [-0.4, -0.2) is 36.1 Å². The number of pyridine rings is 6. The van der Waals surface area contributed by atoms with E-state index in [-0.39, 0.29) is 32.7 Å². The Hall–Kier alpha value is -11.9. The van der Waals surface area contributed by atoms with Crippen LogP contribution < -0.4 is 0 Å². The van der Waals surface area contributed by atoms with Crippen LogP contribution in [-0.2, 0) is 32.7 Å². The van der Waals surface area contributed by atoms with Gasteiger partial charge in [0.2, 0.25) is 0 Å². The van der Waals surface area contributed by atoms with E-state index >= 15 is 0 Å². The third-order valence-corrected chi connectivity index (χ3v) is 17.4. The zero-order chi connectivity index (χ0) is 77.0. The Bertz CT molecular complexity index is 5030. The molecule has 0 N–H and O–H groups in total. The minimum atomic E-state index is 0. The van der Waals surface area contributed by atoms with Crippen LogP contribution in [0.5, 0.6) is 0 Å². The standard InChI is InChI=1S/3C13H9N.C13H8N.2C13H9N.C12H9N.6C2H6.Y/c1-3-7-12-10(5-1)9-11-6-2-4-8-13(11)14-12;1-2-6-11-10(5-1)9-14-13-8-4-3-7-12(11)13;2*1-2-6-12-10(4-1)7-8-11-5-3-9-14-13(11)12;1-2-5-11-10(4-1)7-8-13-12(11)6-3-9-14-13;1-2-5-11-9-13-12(6-3-7-14-13)8-10(11)4-1;1-3-9-5-2-6-11-12(9)10(4-1)7-8-13-11;6*1-2;/h3*1-9H;1-8H;2*1-9H;1-8,12H;6*1-2H3;/q;;;-1;;;;;;;;;;. The molecule has 1 atom stereocenters. The molecule has 12 aromatic carbocycles. The van der Waals surface area contributed by atoms with E-state index in [1.54, 1.807) is 0 Å². The second-order valence-electron chi connectivity index (χ2n) is 23.5. The van der Waals surface area contributed by atoms with Gasteiger partial charge in [0.15, 0.2) is 0 Å². The monoisotopic (exact) mass is 1510 g/mol. The number of aromatic nitrogens is 6. The third kappa shape index (κ3) is 21.3. The van der Waals surface area contributed by atoms with Gasteiger partial charge in [0.1, 0.15) is 0 Å². The van der Waals surface area contributed by atoms with E-state index in [1.807, 2.05) is 211 Å². The Morgan fingerprint density at radius 1 is 0.273 bits per heavy atom. The smallest absolute Gasteiger partial charge is 0.0780 e. The van der Waals surface area contributed by atoms with Crippen LogP contribution in [0.4, 0.5) is 0 Å². The fourth-order valence-corrected chi connectivity index (χ4v) is 12.7. The number of fused-ring (bicyclic) bond motifs is 16. The first-order valence-corrected chi connectivity index (χ1v) is 38.4. The Balaban J connectivity index is 0.000000157. The molecule has 8 heteroatoms. The largest absolute Gasteiger partial charge is 0.386 e. The first-order chi connectivity index (χ1) is 54.1. The summed E-state index contributed by atoms with van der Waals surface area (Å²) in [7, 11) is 0. The quantitative estimate of drug-likeness (QED) is 0.0854. The van der Waals surface area contributed by atoms with Crippen LogP contribution in [0.15, 0.2) is 386 Å². The molecule has 110 heavy (non-hydrogen) atoms. The first kappa shape index (κ1) is 83.8. The van der Waals surface area contributed by atoms with Crippen LogP contribution in [0, 0.1) is 12.1 Å². The molecule has 7 heterocycles. The summed E-state index contributed by atoms with van der Waals surface area (Å²) in [4.78, 5) is 30.7. The summed E-state index contributed by atoms with van der Waals surface area (Å²) in [5.74, 6) is 0.403. The van der Waals surface area contributed by atoms with Crippen molar-refractivity contribution in [2.75, 3.05) is 0 Å². The van der Waals surface area contributed by atoms with Crippen molar-refractivity contribution in [3.05, 3.63) is 388 Å². The second-order valence-corrected chi connectivity index (χ2v) is 23.5. The third-order valence-electron chi connectivity index (χ3n) is 17.4. The minimum Gasteiger partial charge on any atom is -0.386 e. The zero-order valence-corrected chi connectivity index (χ0v) is 68.3. The van der Waals surface area contributed by atoms with Crippen molar-refractivity contribution in [3.8, 4) is 0 Å². The molecule has 1 radical (unpaired) electrons. The number of benzene rings is 12. The summed E-state index contributed by atoms with van der Waals surface area (Å²) in [6.07, 6.45) is 27.0. The van der Waals surface area contributed by atoms with Crippen molar-refractivity contribution in [1.29, 1.82) is 0 Å². The van der Waals surface area contributed by atoms with E-state index < -0.39 is 0 Å². The van der Waals surface area contributed by atoms with Gasteiger partial charge in [-0.05, 0) is 133 Å². The number of dihydropyridines is 1. The zero-order valence-electron chi connectivity index (χ0n) is 65.5. The van der Waals surface area contributed by atoms with Gasteiger partial charge in [-0.15, -0.1) is 5.39 Å². The van der Waals surface area contributed by atoms with Gasteiger partial charge in [-0.25, -0.2) is 4.98 Å². The molecular formula is C102H98N7Y-. The molecule has 0 saturated heterocycles. The fourth-order valence-electron chi connectivity index (χ4n) is 12.7. The van der Waals surface area contributed by atoms with E-state index in [2.05, 4.69) is 284 Å². The summed E-state index contributed by atoms with van der Waals surface area (Å²) in [6, 6.07) is 102. The van der Waals surface area contributed by atoms with Gasteiger partial charge in [0, 0.05) is 107 Å². The van der Waals surface area contributed by atoms with E-state index in [0.717, 1.165) is 44.3 Å². The molecule has 0 spiro atoms. The second kappa shape index (κ2) is 45.1. The van der Waals surface area contributed by atoms with Gasteiger partial charge in [0.05, 0.1) is 44.7 Å². The topological polar surface area (TPSA) is 89.7 Å². The summed E-state index contributed by atoms with van der Waals surface area (Å²) < 4.78 is 0. The van der Waals surface area contributed by atoms with Crippen molar-refractivity contribution < 1.29 is 32.7 Å². The molecular weight excluding hydrogens is 1410 g/mol. The predicted octanol–water partition coefficient (Wildman–Crippen LogP) is 28.8. The van der Waals surface area contributed by atoms with Crippen molar-refractivity contribution in [1.82, 2.24) is 29.9 Å². The normalized spacial score (nSPS) is 11.9.